The van der Waals surface area contributed by atoms with Gasteiger partial charge < -0.3 is 5.32 Å². The van der Waals surface area contributed by atoms with Gasteiger partial charge in [0, 0.05) is 11.6 Å². The molecule has 3 nitrogen and oxygen atoms in total. The highest BCUT2D eigenvalue weighted by Crippen LogP contribution is 2.29. The lowest BCUT2D eigenvalue weighted by Crippen LogP contribution is -2.26. The van der Waals surface area contributed by atoms with Gasteiger partial charge in [-0.3, -0.25) is 4.68 Å². The number of benzene rings is 1. The molecule has 108 valence electrons. The average Bonchev–Trinajstić information content (AvgIpc) is 2.81. The second-order valence-corrected chi connectivity index (χ2v) is 5.93. The number of hydrogen-bond donors (Lipinski definition) is 1. The smallest absolute Gasteiger partial charge is 0.0760 e. The van der Waals surface area contributed by atoms with Crippen molar-refractivity contribution in [1.29, 1.82) is 0 Å². The monoisotopic (exact) mass is 355 g/mol. The number of aryl methyl sites for hydroxylation is 1. The molecular formula is C15H19BrClN3. The van der Waals surface area contributed by atoms with Crippen LogP contribution < -0.4 is 5.32 Å². The Morgan fingerprint density at radius 3 is 2.85 bits per heavy atom. The SMILES string of the molecule is CCCNC(c1cccc(Cl)c1)c1c(Br)cnn1CC. The molecule has 1 aromatic heterocycles. The zero-order valence-corrected chi connectivity index (χ0v) is 14.1. The van der Waals surface area contributed by atoms with E-state index in [-0.39, 0.29) is 6.04 Å². The molecule has 0 spiro atoms. The van der Waals surface area contributed by atoms with E-state index in [0.717, 1.165) is 40.3 Å². The zero-order chi connectivity index (χ0) is 14.5. The van der Waals surface area contributed by atoms with Crippen LogP contribution in [0.2, 0.25) is 5.02 Å². The molecule has 1 atom stereocenters. The van der Waals surface area contributed by atoms with E-state index in [1.54, 1.807) is 0 Å². The maximum Gasteiger partial charge on any atom is 0.0760 e. The van der Waals surface area contributed by atoms with E-state index in [4.69, 9.17) is 11.6 Å². The van der Waals surface area contributed by atoms with Gasteiger partial charge in [0.25, 0.3) is 0 Å². The highest BCUT2D eigenvalue weighted by molar-refractivity contribution is 9.10. The minimum Gasteiger partial charge on any atom is -0.305 e. The summed E-state index contributed by atoms with van der Waals surface area (Å²) in [6, 6.07) is 8.07. The summed E-state index contributed by atoms with van der Waals surface area (Å²) in [5.41, 5.74) is 2.30. The van der Waals surface area contributed by atoms with E-state index in [1.165, 1.54) is 0 Å². The Bertz CT molecular complexity index is 568. The van der Waals surface area contributed by atoms with Crippen LogP contribution in [0.1, 0.15) is 37.6 Å². The van der Waals surface area contributed by atoms with Gasteiger partial charge >= 0.3 is 0 Å². The Balaban J connectivity index is 2.44. The second kappa shape index (κ2) is 7.25. The van der Waals surface area contributed by atoms with Gasteiger partial charge in [-0.05, 0) is 53.5 Å². The van der Waals surface area contributed by atoms with Crippen molar-refractivity contribution in [2.75, 3.05) is 6.54 Å². The summed E-state index contributed by atoms with van der Waals surface area (Å²) in [7, 11) is 0. The predicted octanol–water partition coefficient (Wildman–Crippen LogP) is 4.41. The lowest BCUT2D eigenvalue weighted by atomic mass is 10.0. The summed E-state index contributed by atoms with van der Waals surface area (Å²) in [6.45, 7) is 6.04. The zero-order valence-electron chi connectivity index (χ0n) is 11.7. The molecule has 1 unspecified atom stereocenters. The number of hydrogen-bond acceptors (Lipinski definition) is 2. The predicted molar refractivity (Wildman–Crippen MR) is 87.2 cm³/mol. The Labute approximate surface area is 133 Å². The molecule has 2 rings (SSSR count). The topological polar surface area (TPSA) is 29.9 Å². The summed E-state index contributed by atoms with van der Waals surface area (Å²) in [5.74, 6) is 0. The first-order valence-electron chi connectivity index (χ1n) is 6.87. The fourth-order valence-electron chi connectivity index (χ4n) is 2.26. The Morgan fingerprint density at radius 1 is 1.40 bits per heavy atom. The molecule has 1 aromatic carbocycles. The van der Waals surface area contributed by atoms with Crippen LogP contribution in [0.4, 0.5) is 0 Å². The summed E-state index contributed by atoms with van der Waals surface area (Å²) >= 11 is 9.75. The maximum absolute atomic E-state index is 6.14. The molecule has 1 N–H and O–H groups in total. The molecule has 0 saturated heterocycles. The van der Waals surface area contributed by atoms with Crippen molar-refractivity contribution >= 4 is 27.5 Å². The van der Waals surface area contributed by atoms with Crippen LogP contribution in [-0.2, 0) is 6.54 Å². The number of halogens is 2. The molecule has 0 amide bonds. The van der Waals surface area contributed by atoms with Gasteiger partial charge in [0.05, 0.1) is 22.4 Å². The van der Waals surface area contributed by atoms with Crippen LogP contribution in [0.25, 0.3) is 0 Å². The lowest BCUT2D eigenvalue weighted by Gasteiger charge is -2.21. The van der Waals surface area contributed by atoms with Crippen molar-refractivity contribution in [2.24, 2.45) is 0 Å². The number of aromatic nitrogens is 2. The molecule has 0 aliphatic heterocycles. The van der Waals surface area contributed by atoms with E-state index in [2.05, 4.69) is 46.3 Å². The van der Waals surface area contributed by atoms with Crippen molar-refractivity contribution in [3.05, 3.63) is 51.2 Å². The molecule has 0 fully saturated rings. The molecule has 1 heterocycles. The van der Waals surface area contributed by atoms with E-state index >= 15 is 0 Å². The number of nitrogens with one attached hydrogen (secondary N) is 1. The molecule has 0 aliphatic carbocycles. The third-order valence-electron chi connectivity index (χ3n) is 3.19. The first kappa shape index (κ1) is 15.5. The van der Waals surface area contributed by atoms with Crippen LogP contribution in [0, 0.1) is 0 Å². The van der Waals surface area contributed by atoms with Crippen LogP contribution in [0.3, 0.4) is 0 Å². The summed E-state index contributed by atoms with van der Waals surface area (Å²) < 4.78 is 3.03. The quantitative estimate of drug-likeness (QED) is 0.831. The van der Waals surface area contributed by atoms with Crippen LogP contribution in [0.5, 0.6) is 0 Å². The number of rotatable bonds is 6. The molecule has 20 heavy (non-hydrogen) atoms. The average molecular weight is 357 g/mol. The molecule has 5 heteroatoms. The van der Waals surface area contributed by atoms with Gasteiger partial charge in [-0.1, -0.05) is 30.7 Å². The second-order valence-electron chi connectivity index (χ2n) is 4.64. The number of nitrogens with zero attached hydrogens (tertiary/aromatic N) is 2. The lowest BCUT2D eigenvalue weighted by molar-refractivity contribution is 0.528. The maximum atomic E-state index is 6.14. The van der Waals surface area contributed by atoms with Crippen LogP contribution >= 0.6 is 27.5 Å². The van der Waals surface area contributed by atoms with Crippen molar-refractivity contribution in [3.8, 4) is 0 Å². The summed E-state index contributed by atoms with van der Waals surface area (Å²) in [6.07, 6.45) is 2.93. The minimum absolute atomic E-state index is 0.0884. The third kappa shape index (κ3) is 3.43. The molecule has 2 aromatic rings. The fourth-order valence-corrected chi connectivity index (χ4v) is 2.98. The standard InChI is InChI=1S/C15H19BrClN3/c1-3-8-18-14(11-6-5-7-12(17)9-11)15-13(16)10-19-20(15)4-2/h5-7,9-10,14,18H,3-4,8H2,1-2H3. The largest absolute Gasteiger partial charge is 0.305 e. The Hall–Kier alpha value is -0.840. The van der Waals surface area contributed by atoms with E-state index in [0.29, 0.717) is 0 Å². The van der Waals surface area contributed by atoms with Gasteiger partial charge in [-0.25, -0.2) is 0 Å². The van der Waals surface area contributed by atoms with Gasteiger partial charge in [-0.15, -0.1) is 0 Å². The van der Waals surface area contributed by atoms with Crippen molar-refractivity contribution < 1.29 is 0 Å². The molecule has 0 bridgehead atoms. The van der Waals surface area contributed by atoms with Crippen molar-refractivity contribution in [2.45, 2.75) is 32.9 Å². The van der Waals surface area contributed by atoms with Crippen molar-refractivity contribution in [1.82, 2.24) is 15.1 Å². The molecule has 0 aliphatic rings. The Kier molecular flexibility index (Phi) is 5.64. The highest BCUT2D eigenvalue weighted by Gasteiger charge is 2.21. The van der Waals surface area contributed by atoms with E-state index in [9.17, 15) is 0 Å². The van der Waals surface area contributed by atoms with Gasteiger partial charge in [0.2, 0.25) is 0 Å². The van der Waals surface area contributed by atoms with E-state index < -0.39 is 0 Å². The third-order valence-corrected chi connectivity index (χ3v) is 4.03. The van der Waals surface area contributed by atoms with Crippen molar-refractivity contribution in [3.63, 3.8) is 0 Å². The Morgan fingerprint density at radius 2 is 2.20 bits per heavy atom. The molecular weight excluding hydrogens is 338 g/mol. The minimum atomic E-state index is 0.0884. The summed E-state index contributed by atoms with van der Waals surface area (Å²) in [5, 5.41) is 8.74. The van der Waals surface area contributed by atoms with Gasteiger partial charge in [0.15, 0.2) is 0 Å². The van der Waals surface area contributed by atoms with E-state index in [1.807, 2.05) is 29.1 Å². The van der Waals surface area contributed by atoms with Crippen LogP contribution in [-0.4, -0.2) is 16.3 Å². The van der Waals surface area contributed by atoms with Gasteiger partial charge in [0.1, 0.15) is 0 Å². The van der Waals surface area contributed by atoms with Gasteiger partial charge in [-0.2, -0.15) is 5.10 Å². The van der Waals surface area contributed by atoms with Crippen LogP contribution in [0.15, 0.2) is 34.9 Å². The fraction of sp³-hybridized carbons (Fsp3) is 0.400. The molecule has 0 radical (unpaired) electrons. The first-order valence-corrected chi connectivity index (χ1v) is 8.04. The normalized spacial score (nSPS) is 12.6. The summed E-state index contributed by atoms with van der Waals surface area (Å²) in [4.78, 5) is 0. The highest BCUT2D eigenvalue weighted by atomic mass is 79.9. The molecule has 0 saturated carbocycles. The first-order chi connectivity index (χ1) is 9.67.